The van der Waals surface area contributed by atoms with Gasteiger partial charge in [-0.15, -0.1) is 0 Å². The van der Waals surface area contributed by atoms with E-state index in [1.54, 1.807) is 0 Å². The Kier molecular flexibility index (Phi) is 3.97. The largest absolute Gasteiger partial charge is 0.329 e. The maximum Gasteiger partial charge on any atom is 0.0690 e. The molecule has 0 radical (unpaired) electrons. The van der Waals surface area contributed by atoms with Crippen molar-refractivity contribution in [1.82, 2.24) is 16.0 Å². The minimum atomic E-state index is 0.237. The van der Waals surface area contributed by atoms with Gasteiger partial charge in [0.1, 0.15) is 0 Å². The Morgan fingerprint density at radius 3 is 2.40 bits per heavy atom. The third-order valence-corrected chi connectivity index (χ3v) is 3.25. The van der Waals surface area contributed by atoms with Gasteiger partial charge in [0.2, 0.25) is 0 Å². The maximum atomic E-state index is 5.48. The van der Waals surface area contributed by atoms with Gasteiger partial charge in [-0.25, -0.2) is 0 Å². The van der Waals surface area contributed by atoms with Crippen molar-refractivity contribution in [3.8, 4) is 0 Å². The molecule has 5 N–H and O–H groups in total. The molecule has 0 aromatic rings. The summed E-state index contributed by atoms with van der Waals surface area (Å²) in [6, 6.07) is 0. The third-order valence-electron chi connectivity index (χ3n) is 3.25. The van der Waals surface area contributed by atoms with Crippen LogP contribution in [0.3, 0.4) is 0 Å². The van der Waals surface area contributed by atoms with Crippen LogP contribution >= 0.6 is 0 Å². The molecule has 2 aliphatic carbocycles. The second-order valence-corrected chi connectivity index (χ2v) is 4.87. The van der Waals surface area contributed by atoms with Crippen LogP contribution in [0.5, 0.6) is 0 Å². The fraction of sp³-hybridized carbons (Fsp3) is 1.00. The topological polar surface area (TPSA) is 62.1 Å². The van der Waals surface area contributed by atoms with Gasteiger partial charge < -0.3 is 11.1 Å². The fourth-order valence-electron chi connectivity index (χ4n) is 1.87. The Morgan fingerprint density at radius 1 is 1.07 bits per heavy atom. The second-order valence-electron chi connectivity index (χ2n) is 4.87. The Labute approximate surface area is 92.4 Å². The van der Waals surface area contributed by atoms with E-state index < -0.39 is 0 Å². The zero-order valence-electron chi connectivity index (χ0n) is 9.52. The summed E-state index contributed by atoms with van der Waals surface area (Å²) in [5, 5.41) is 10.5. The first kappa shape index (κ1) is 11.3. The van der Waals surface area contributed by atoms with Crippen molar-refractivity contribution in [2.45, 2.75) is 31.3 Å². The first-order chi connectivity index (χ1) is 7.35. The molecule has 0 aliphatic heterocycles. The molecule has 4 heteroatoms. The molecule has 0 atom stereocenters. The Bertz CT molecular complexity index is 187. The van der Waals surface area contributed by atoms with Crippen molar-refractivity contribution in [2.75, 3.05) is 32.7 Å². The van der Waals surface area contributed by atoms with E-state index in [1.165, 1.54) is 32.2 Å². The molecule has 0 saturated heterocycles. The zero-order valence-corrected chi connectivity index (χ0v) is 9.52. The van der Waals surface area contributed by atoms with Gasteiger partial charge in [0.05, 0.1) is 5.66 Å². The van der Waals surface area contributed by atoms with E-state index in [1.807, 2.05) is 0 Å². The van der Waals surface area contributed by atoms with Gasteiger partial charge in [-0.05, 0) is 38.1 Å². The average Bonchev–Trinajstić information content (AvgIpc) is 3.11. The van der Waals surface area contributed by atoms with E-state index in [0.29, 0.717) is 0 Å². The molecule has 88 valence electrons. The maximum absolute atomic E-state index is 5.48. The molecule has 0 aromatic heterocycles. The van der Waals surface area contributed by atoms with E-state index >= 15 is 0 Å². The van der Waals surface area contributed by atoms with Crippen molar-refractivity contribution in [1.29, 1.82) is 0 Å². The average molecular weight is 212 g/mol. The minimum Gasteiger partial charge on any atom is -0.329 e. The number of rotatable bonds is 9. The van der Waals surface area contributed by atoms with E-state index in [9.17, 15) is 0 Å². The van der Waals surface area contributed by atoms with Crippen LogP contribution in [0.1, 0.15) is 25.7 Å². The summed E-state index contributed by atoms with van der Waals surface area (Å²) in [7, 11) is 0. The van der Waals surface area contributed by atoms with Crippen molar-refractivity contribution in [3.05, 3.63) is 0 Å². The number of hydrogen-bond acceptors (Lipinski definition) is 4. The van der Waals surface area contributed by atoms with Crippen LogP contribution < -0.4 is 21.7 Å². The van der Waals surface area contributed by atoms with E-state index in [-0.39, 0.29) is 5.66 Å². The van der Waals surface area contributed by atoms with Crippen LogP contribution in [0.25, 0.3) is 0 Å². The fourth-order valence-corrected chi connectivity index (χ4v) is 1.87. The van der Waals surface area contributed by atoms with Gasteiger partial charge in [0.25, 0.3) is 0 Å². The zero-order chi connectivity index (χ0) is 10.6. The van der Waals surface area contributed by atoms with Crippen LogP contribution in [-0.4, -0.2) is 38.4 Å². The highest BCUT2D eigenvalue weighted by Gasteiger charge is 2.40. The first-order valence-electron chi connectivity index (χ1n) is 6.25. The van der Waals surface area contributed by atoms with Crippen LogP contribution in [0.4, 0.5) is 0 Å². The monoisotopic (exact) mass is 212 g/mol. The van der Waals surface area contributed by atoms with E-state index in [4.69, 9.17) is 5.73 Å². The lowest BCUT2D eigenvalue weighted by Crippen LogP contribution is -2.48. The quantitative estimate of drug-likeness (QED) is 0.311. The minimum absolute atomic E-state index is 0.237. The van der Waals surface area contributed by atoms with Gasteiger partial charge in [0, 0.05) is 26.2 Å². The highest BCUT2D eigenvalue weighted by Crippen LogP contribution is 2.31. The second kappa shape index (κ2) is 5.25. The number of nitrogens with two attached hydrogens (primary N) is 1. The molecular weight excluding hydrogens is 188 g/mol. The molecule has 2 fully saturated rings. The summed E-state index contributed by atoms with van der Waals surface area (Å²) in [5.41, 5.74) is 5.71. The van der Waals surface area contributed by atoms with Crippen LogP contribution in [0, 0.1) is 5.92 Å². The predicted molar refractivity (Wildman–Crippen MR) is 62.6 cm³/mol. The summed E-state index contributed by atoms with van der Waals surface area (Å²) in [4.78, 5) is 0. The molecule has 0 spiro atoms. The van der Waals surface area contributed by atoms with Crippen molar-refractivity contribution in [3.63, 3.8) is 0 Å². The lowest BCUT2D eigenvalue weighted by atomic mass is 10.4. The molecule has 2 aliphatic rings. The van der Waals surface area contributed by atoms with Gasteiger partial charge in [-0.2, -0.15) is 0 Å². The molecule has 0 heterocycles. The third kappa shape index (κ3) is 4.07. The SMILES string of the molecule is NCCNC1(NCCNCC2CC2)CC1. The van der Waals surface area contributed by atoms with Crippen molar-refractivity contribution in [2.24, 2.45) is 11.7 Å². The molecule has 0 unspecified atom stereocenters. The Balaban J connectivity index is 1.45. The predicted octanol–water partition coefficient (Wildman–Crippen LogP) is -0.386. The van der Waals surface area contributed by atoms with E-state index in [0.717, 1.165) is 32.1 Å². The lowest BCUT2D eigenvalue weighted by Gasteiger charge is -2.18. The van der Waals surface area contributed by atoms with Gasteiger partial charge in [0.15, 0.2) is 0 Å². The Morgan fingerprint density at radius 2 is 1.80 bits per heavy atom. The smallest absolute Gasteiger partial charge is 0.0690 e. The summed E-state index contributed by atoms with van der Waals surface area (Å²) >= 11 is 0. The molecule has 15 heavy (non-hydrogen) atoms. The molecule has 0 aromatic carbocycles. The molecule has 0 amide bonds. The molecule has 4 nitrogen and oxygen atoms in total. The first-order valence-corrected chi connectivity index (χ1v) is 6.25. The standard InChI is InChI=1S/C11H24N4/c12-5-6-14-11(3-4-11)15-8-7-13-9-10-1-2-10/h10,13-15H,1-9,12H2. The van der Waals surface area contributed by atoms with Crippen molar-refractivity contribution >= 4 is 0 Å². The number of hydrogen-bond donors (Lipinski definition) is 4. The van der Waals surface area contributed by atoms with Crippen molar-refractivity contribution < 1.29 is 0 Å². The van der Waals surface area contributed by atoms with Gasteiger partial charge >= 0.3 is 0 Å². The molecular formula is C11H24N4. The highest BCUT2D eigenvalue weighted by molar-refractivity contribution is 4.99. The van der Waals surface area contributed by atoms with Crippen LogP contribution in [0.15, 0.2) is 0 Å². The van der Waals surface area contributed by atoms with Crippen LogP contribution in [0.2, 0.25) is 0 Å². The van der Waals surface area contributed by atoms with Gasteiger partial charge in [-0.3, -0.25) is 10.6 Å². The summed E-state index contributed by atoms with van der Waals surface area (Å²) < 4.78 is 0. The summed E-state index contributed by atoms with van der Waals surface area (Å²) in [6.45, 7) is 5.00. The van der Waals surface area contributed by atoms with Crippen LogP contribution in [-0.2, 0) is 0 Å². The highest BCUT2D eigenvalue weighted by atomic mass is 15.2. The van der Waals surface area contributed by atoms with E-state index in [2.05, 4.69) is 16.0 Å². The van der Waals surface area contributed by atoms with Gasteiger partial charge in [-0.1, -0.05) is 0 Å². The number of nitrogens with one attached hydrogen (secondary N) is 3. The molecule has 0 bridgehead atoms. The summed E-state index contributed by atoms with van der Waals surface area (Å²) in [5.74, 6) is 0.982. The lowest BCUT2D eigenvalue weighted by molar-refractivity contribution is 0.406. The Hall–Kier alpha value is -0.160. The summed E-state index contributed by atoms with van der Waals surface area (Å²) in [6.07, 6.45) is 5.36. The molecule has 2 saturated carbocycles. The molecule has 2 rings (SSSR count). The normalized spacial score (nSPS) is 23.0.